The van der Waals surface area contributed by atoms with Crippen LogP contribution in [0.15, 0.2) is 59.6 Å². The first-order valence-electron chi connectivity index (χ1n) is 13.8. The van der Waals surface area contributed by atoms with Crippen molar-refractivity contribution in [2.75, 3.05) is 25.1 Å². The number of thiophene rings is 1. The Hall–Kier alpha value is -4.29. The van der Waals surface area contributed by atoms with Crippen LogP contribution in [-0.4, -0.2) is 46.6 Å². The number of hydrogen-bond acceptors (Lipinski definition) is 8. The monoisotopic (exact) mass is 564 g/mol. The lowest BCUT2D eigenvalue weighted by atomic mass is 9.74. The van der Waals surface area contributed by atoms with Gasteiger partial charge in [-0.15, -0.1) is 21.5 Å². The Morgan fingerprint density at radius 3 is 2.44 bits per heavy atom. The van der Waals surface area contributed by atoms with Crippen molar-refractivity contribution in [1.29, 1.82) is 5.26 Å². The van der Waals surface area contributed by atoms with Gasteiger partial charge in [-0.25, -0.2) is 0 Å². The number of ether oxygens (including phenoxy) is 1. The third-order valence-electron chi connectivity index (χ3n) is 8.49. The molecule has 2 aliphatic rings. The van der Waals surface area contributed by atoms with Crippen LogP contribution in [0.5, 0.6) is 0 Å². The van der Waals surface area contributed by atoms with E-state index in [0.717, 1.165) is 70.4 Å². The van der Waals surface area contributed by atoms with Crippen LogP contribution in [0.2, 0.25) is 0 Å². The van der Waals surface area contributed by atoms with Gasteiger partial charge in [0, 0.05) is 34.8 Å². The van der Waals surface area contributed by atoms with Gasteiger partial charge in [0.1, 0.15) is 16.9 Å². The van der Waals surface area contributed by atoms with E-state index < -0.39 is 11.5 Å². The molecule has 4 heterocycles. The molecule has 2 aliphatic heterocycles. The zero-order valence-electron chi connectivity index (χ0n) is 23.7. The lowest BCUT2D eigenvalue weighted by molar-refractivity contribution is -0.141. The molecule has 6 rings (SSSR count). The number of benzene rings is 2. The third kappa shape index (κ3) is 4.62. The number of aryl methyl sites for hydroxylation is 2. The van der Waals surface area contributed by atoms with Crippen LogP contribution in [0.25, 0.3) is 5.00 Å². The molecule has 2 aromatic heterocycles. The van der Waals surface area contributed by atoms with Gasteiger partial charge in [-0.05, 0) is 56.9 Å². The molecule has 208 valence electrons. The standard InChI is InChI=1S/C32H32N6O2S/c1-20-21(2)41-31-28(20)29(34-26(18-27(39)40-4)30-36-35-22(3)38(30)31)23-10-12-25(13-11-23)37-16-14-32(19-33,15-17-37)24-8-6-5-7-9-24/h5-13,26H,14-18H2,1-4H3/t26-/m0/s1. The van der Waals surface area contributed by atoms with Gasteiger partial charge in [-0.2, -0.15) is 5.26 Å². The number of nitrogens with zero attached hydrogens (tertiary/aromatic N) is 6. The first-order valence-corrected chi connectivity index (χ1v) is 14.7. The van der Waals surface area contributed by atoms with E-state index in [9.17, 15) is 10.1 Å². The number of carbonyl (C=O) groups excluding carboxylic acids is 1. The normalized spacial score (nSPS) is 17.6. The van der Waals surface area contributed by atoms with Gasteiger partial charge < -0.3 is 9.64 Å². The third-order valence-corrected chi connectivity index (χ3v) is 9.68. The van der Waals surface area contributed by atoms with Gasteiger partial charge in [0.25, 0.3) is 0 Å². The summed E-state index contributed by atoms with van der Waals surface area (Å²) in [7, 11) is 1.39. The number of esters is 1. The maximum absolute atomic E-state index is 12.4. The summed E-state index contributed by atoms with van der Waals surface area (Å²) in [5, 5.41) is 19.9. The summed E-state index contributed by atoms with van der Waals surface area (Å²) in [6.07, 6.45) is 1.65. The fourth-order valence-corrected chi connectivity index (χ4v) is 7.18. The fourth-order valence-electron chi connectivity index (χ4n) is 5.96. The highest BCUT2D eigenvalue weighted by atomic mass is 32.1. The molecule has 1 saturated heterocycles. The number of aromatic nitrogens is 3. The number of piperidine rings is 1. The van der Waals surface area contributed by atoms with E-state index in [1.165, 1.54) is 12.0 Å². The molecule has 0 aliphatic carbocycles. The largest absolute Gasteiger partial charge is 0.469 e. The number of fused-ring (bicyclic) bond motifs is 3. The van der Waals surface area contributed by atoms with Crippen LogP contribution < -0.4 is 4.90 Å². The van der Waals surface area contributed by atoms with Gasteiger partial charge in [0.2, 0.25) is 0 Å². The van der Waals surface area contributed by atoms with Crippen LogP contribution >= 0.6 is 11.3 Å². The Labute approximate surface area is 243 Å². The van der Waals surface area contributed by atoms with E-state index >= 15 is 0 Å². The Balaban J connectivity index is 1.33. The van der Waals surface area contributed by atoms with E-state index in [0.29, 0.717) is 5.82 Å². The highest BCUT2D eigenvalue weighted by Crippen LogP contribution is 2.40. The average molecular weight is 565 g/mol. The lowest BCUT2D eigenvalue weighted by Gasteiger charge is -2.38. The number of anilines is 1. The Bertz CT molecular complexity index is 1670. The predicted octanol–water partition coefficient (Wildman–Crippen LogP) is 5.77. The molecule has 0 bridgehead atoms. The SMILES string of the molecule is COC(=O)C[C@@H]1N=C(c2ccc(N3CCC(C#N)(c4ccccc4)CC3)cc2)c2c(sc(C)c2C)-n2c(C)nnc21. The van der Waals surface area contributed by atoms with Gasteiger partial charge in [-0.3, -0.25) is 14.4 Å². The highest BCUT2D eigenvalue weighted by Gasteiger charge is 2.37. The highest BCUT2D eigenvalue weighted by molar-refractivity contribution is 7.15. The Kier molecular flexibility index (Phi) is 6.96. The van der Waals surface area contributed by atoms with Crippen molar-refractivity contribution < 1.29 is 9.53 Å². The van der Waals surface area contributed by atoms with Crippen molar-refractivity contribution in [3.63, 3.8) is 0 Å². The minimum absolute atomic E-state index is 0.0824. The fraction of sp³-hybridized carbons (Fsp3) is 0.344. The quantitative estimate of drug-likeness (QED) is 0.286. The first kappa shape index (κ1) is 26.9. The molecular weight excluding hydrogens is 532 g/mol. The van der Waals surface area contributed by atoms with Crippen LogP contribution in [-0.2, 0) is 14.9 Å². The topological polar surface area (TPSA) is 96.4 Å². The van der Waals surface area contributed by atoms with Crippen molar-refractivity contribution in [3.05, 3.63) is 93.4 Å². The van der Waals surface area contributed by atoms with E-state index in [1.54, 1.807) is 11.3 Å². The van der Waals surface area contributed by atoms with Gasteiger partial charge in [0.05, 0.1) is 30.7 Å². The number of rotatable bonds is 5. The van der Waals surface area contributed by atoms with Crippen LogP contribution in [0.4, 0.5) is 5.69 Å². The van der Waals surface area contributed by atoms with E-state index in [1.807, 2.05) is 29.7 Å². The molecule has 0 radical (unpaired) electrons. The number of carbonyl (C=O) groups is 1. The summed E-state index contributed by atoms with van der Waals surface area (Å²) in [6.45, 7) is 7.79. The summed E-state index contributed by atoms with van der Waals surface area (Å²) in [5.41, 5.74) is 5.83. The number of aliphatic imine (C=N–C) groups is 1. The van der Waals surface area contributed by atoms with Crippen molar-refractivity contribution >= 4 is 28.7 Å². The lowest BCUT2D eigenvalue weighted by Crippen LogP contribution is -2.42. The maximum Gasteiger partial charge on any atom is 0.308 e. The Morgan fingerprint density at radius 2 is 1.78 bits per heavy atom. The number of nitriles is 1. The molecule has 0 N–H and O–H groups in total. The van der Waals surface area contributed by atoms with Crippen LogP contribution in [0, 0.1) is 32.1 Å². The molecule has 2 aromatic carbocycles. The molecule has 0 saturated carbocycles. The summed E-state index contributed by atoms with van der Waals surface area (Å²) in [6, 6.07) is 20.8. The average Bonchev–Trinajstić information content (AvgIpc) is 3.49. The second kappa shape index (κ2) is 10.6. The molecule has 8 nitrogen and oxygen atoms in total. The molecule has 41 heavy (non-hydrogen) atoms. The molecular formula is C32H32N6O2S. The minimum Gasteiger partial charge on any atom is -0.469 e. The van der Waals surface area contributed by atoms with Gasteiger partial charge >= 0.3 is 5.97 Å². The zero-order valence-corrected chi connectivity index (χ0v) is 24.5. The maximum atomic E-state index is 12.4. The number of hydrogen-bond donors (Lipinski definition) is 0. The van der Waals surface area contributed by atoms with Crippen molar-refractivity contribution in [2.24, 2.45) is 4.99 Å². The van der Waals surface area contributed by atoms with Gasteiger partial charge in [0.15, 0.2) is 5.82 Å². The number of methoxy groups -OCH3 is 1. The van der Waals surface area contributed by atoms with Crippen LogP contribution in [0.1, 0.15) is 64.1 Å². The second-order valence-corrected chi connectivity index (χ2v) is 12.0. The van der Waals surface area contributed by atoms with E-state index in [-0.39, 0.29) is 12.4 Å². The zero-order chi connectivity index (χ0) is 28.7. The van der Waals surface area contributed by atoms with Crippen molar-refractivity contribution in [3.8, 4) is 11.1 Å². The predicted molar refractivity (Wildman–Crippen MR) is 160 cm³/mol. The van der Waals surface area contributed by atoms with E-state index in [2.05, 4.69) is 71.4 Å². The molecule has 0 amide bonds. The summed E-state index contributed by atoms with van der Waals surface area (Å²) < 4.78 is 7.05. The summed E-state index contributed by atoms with van der Waals surface area (Å²) >= 11 is 1.69. The molecule has 1 atom stereocenters. The molecule has 9 heteroatoms. The molecule has 0 spiro atoms. The molecule has 0 unspecified atom stereocenters. The molecule has 1 fully saturated rings. The van der Waals surface area contributed by atoms with Crippen LogP contribution in [0.3, 0.4) is 0 Å². The van der Waals surface area contributed by atoms with Crippen molar-refractivity contribution in [1.82, 2.24) is 14.8 Å². The Morgan fingerprint density at radius 1 is 1.07 bits per heavy atom. The van der Waals surface area contributed by atoms with Gasteiger partial charge in [-0.1, -0.05) is 42.5 Å². The first-order chi connectivity index (χ1) is 19.8. The summed E-state index contributed by atoms with van der Waals surface area (Å²) in [4.78, 5) is 21.1. The van der Waals surface area contributed by atoms with E-state index in [4.69, 9.17) is 9.73 Å². The minimum atomic E-state index is -0.517. The smallest absolute Gasteiger partial charge is 0.308 e. The van der Waals surface area contributed by atoms with Crippen molar-refractivity contribution in [2.45, 2.75) is 51.5 Å². The molecule has 4 aromatic rings. The second-order valence-electron chi connectivity index (χ2n) is 10.8. The summed E-state index contributed by atoms with van der Waals surface area (Å²) in [5.74, 6) is 1.07.